The predicted molar refractivity (Wildman–Crippen MR) is 81.8 cm³/mol. The Balaban J connectivity index is 1.95. The maximum atomic E-state index is 11.9. The minimum absolute atomic E-state index is 0.347. The van der Waals surface area contributed by atoms with E-state index in [0.717, 1.165) is 5.56 Å². The molecule has 0 saturated carbocycles. The number of carbonyl (C=O) groups excluding carboxylic acids is 2. The number of nitrogens with one attached hydrogen (secondary N) is 1. The van der Waals surface area contributed by atoms with Crippen LogP contribution in [0.1, 0.15) is 22.2 Å². The minimum Gasteiger partial charge on any atom is -0.448 e. The molecule has 2 aromatic heterocycles. The number of carbonyl (C=O) groups is 2. The number of aromatic nitrogens is 1. The fourth-order valence-corrected chi connectivity index (χ4v) is 2.45. The van der Waals surface area contributed by atoms with Crippen LogP contribution in [0.4, 0.5) is 5.82 Å². The first-order valence-corrected chi connectivity index (χ1v) is 7.40. The van der Waals surface area contributed by atoms with Crippen molar-refractivity contribution in [1.82, 2.24) is 4.98 Å². The number of pyridine rings is 1. The molecule has 110 valence electrons. The Morgan fingerprint density at radius 3 is 2.71 bits per heavy atom. The average Bonchev–Trinajstić information content (AvgIpc) is 2.87. The van der Waals surface area contributed by atoms with Crippen LogP contribution < -0.4 is 5.32 Å². The molecule has 2 aromatic rings. The molecule has 0 fully saturated rings. The van der Waals surface area contributed by atoms with Gasteiger partial charge in [0.25, 0.3) is 5.91 Å². The maximum absolute atomic E-state index is 11.9. The number of aryl methyl sites for hydroxylation is 1. The average molecular weight is 325 g/mol. The van der Waals surface area contributed by atoms with Crippen LogP contribution in [0, 0.1) is 6.92 Å². The van der Waals surface area contributed by atoms with Crippen molar-refractivity contribution in [1.29, 1.82) is 0 Å². The van der Waals surface area contributed by atoms with E-state index >= 15 is 0 Å². The molecule has 0 saturated heterocycles. The van der Waals surface area contributed by atoms with Crippen molar-refractivity contribution in [3.63, 3.8) is 0 Å². The van der Waals surface area contributed by atoms with Crippen LogP contribution in [0.25, 0.3) is 0 Å². The summed E-state index contributed by atoms with van der Waals surface area (Å²) in [4.78, 5) is 28.3. The van der Waals surface area contributed by atoms with Crippen LogP contribution in [0.3, 0.4) is 0 Å². The highest BCUT2D eigenvalue weighted by Gasteiger charge is 2.21. The second-order valence-electron chi connectivity index (χ2n) is 4.33. The normalized spacial score (nSPS) is 11.8. The number of esters is 1. The molecule has 7 heteroatoms. The summed E-state index contributed by atoms with van der Waals surface area (Å²) >= 11 is 6.99. The number of hydrogen-bond donors (Lipinski definition) is 1. The Morgan fingerprint density at radius 1 is 1.38 bits per heavy atom. The fraction of sp³-hybridized carbons (Fsp3) is 0.214. The third kappa shape index (κ3) is 4.03. The number of halogens is 1. The molecule has 0 spiro atoms. The van der Waals surface area contributed by atoms with Crippen molar-refractivity contribution < 1.29 is 14.3 Å². The van der Waals surface area contributed by atoms with Gasteiger partial charge in [-0.2, -0.15) is 0 Å². The van der Waals surface area contributed by atoms with E-state index in [0.29, 0.717) is 15.7 Å². The molecular weight excluding hydrogens is 312 g/mol. The molecule has 0 aromatic carbocycles. The molecule has 21 heavy (non-hydrogen) atoms. The van der Waals surface area contributed by atoms with Crippen LogP contribution in [-0.2, 0) is 9.53 Å². The van der Waals surface area contributed by atoms with Gasteiger partial charge in [0.1, 0.15) is 10.7 Å². The highest BCUT2D eigenvalue weighted by molar-refractivity contribution is 7.12. The quantitative estimate of drug-likeness (QED) is 0.876. The molecule has 1 atom stereocenters. The summed E-state index contributed by atoms with van der Waals surface area (Å²) in [5.41, 5.74) is 0.831. The highest BCUT2D eigenvalue weighted by Crippen LogP contribution is 2.17. The van der Waals surface area contributed by atoms with Gasteiger partial charge in [0, 0.05) is 6.20 Å². The SMILES string of the molecule is Cc1ccsc1C(=O)O[C@@H](C)C(=O)Nc1ccc(Cl)cn1. The fourth-order valence-electron chi connectivity index (χ4n) is 1.53. The van der Waals surface area contributed by atoms with Gasteiger partial charge in [0.15, 0.2) is 6.10 Å². The van der Waals surface area contributed by atoms with Crippen LogP contribution in [0.2, 0.25) is 5.02 Å². The van der Waals surface area contributed by atoms with E-state index in [9.17, 15) is 9.59 Å². The molecule has 1 amide bonds. The zero-order valence-electron chi connectivity index (χ0n) is 11.4. The lowest BCUT2D eigenvalue weighted by molar-refractivity contribution is -0.123. The molecule has 0 bridgehead atoms. The molecule has 0 aliphatic rings. The number of hydrogen-bond acceptors (Lipinski definition) is 5. The van der Waals surface area contributed by atoms with Crippen molar-refractivity contribution in [2.45, 2.75) is 20.0 Å². The summed E-state index contributed by atoms with van der Waals surface area (Å²) in [6.45, 7) is 3.32. The summed E-state index contributed by atoms with van der Waals surface area (Å²) in [5.74, 6) is -0.610. The van der Waals surface area contributed by atoms with Gasteiger partial charge in [-0.25, -0.2) is 9.78 Å². The number of ether oxygens (including phenoxy) is 1. The summed E-state index contributed by atoms with van der Waals surface area (Å²) in [6, 6.07) is 5.00. The molecule has 0 unspecified atom stereocenters. The number of rotatable bonds is 4. The molecule has 2 heterocycles. The molecule has 0 radical (unpaired) electrons. The Morgan fingerprint density at radius 2 is 2.14 bits per heavy atom. The van der Waals surface area contributed by atoms with Gasteiger partial charge < -0.3 is 10.1 Å². The summed E-state index contributed by atoms with van der Waals surface area (Å²) in [7, 11) is 0. The van der Waals surface area contributed by atoms with Crippen molar-refractivity contribution in [2.75, 3.05) is 5.32 Å². The van der Waals surface area contributed by atoms with E-state index in [1.165, 1.54) is 24.5 Å². The van der Waals surface area contributed by atoms with Gasteiger partial charge >= 0.3 is 5.97 Å². The Kier molecular flexibility index (Phi) is 4.93. The third-order valence-electron chi connectivity index (χ3n) is 2.68. The topological polar surface area (TPSA) is 68.3 Å². The monoisotopic (exact) mass is 324 g/mol. The number of nitrogens with zero attached hydrogens (tertiary/aromatic N) is 1. The minimum atomic E-state index is -0.920. The zero-order chi connectivity index (χ0) is 15.4. The summed E-state index contributed by atoms with van der Waals surface area (Å²) in [6.07, 6.45) is 0.500. The van der Waals surface area contributed by atoms with Crippen molar-refractivity contribution in [3.8, 4) is 0 Å². The predicted octanol–water partition coefficient (Wildman–Crippen LogP) is 3.29. The highest BCUT2D eigenvalue weighted by atomic mass is 35.5. The van der Waals surface area contributed by atoms with E-state index in [2.05, 4.69) is 10.3 Å². The zero-order valence-corrected chi connectivity index (χ0v) is 13.0. The van der Waals surface area contributed by atoms with Gasteiger partial charge in [-0.15, -0.1) is 11.3 Å². The van der Waals surface area contributed by atoms with Crippen LogP contribution in [0.15, 0.2) is 29.8 Å². The molecule has 5 nitrogen and oxygen atoms in total. The van der Waals surface area contributed by atoms with Crippen molar-refractivity contribution in [3.05, 3.63) is 45.2 Å². The smallest absolute Gasteiger partial charge is 0.349 e. The van der Waals surface area contributed by atoms with Gasteiger partial charge in [-0.1, -0.05) is 11.6 Å². The first-order chi connectivity index (χ1) is 9.97. The van der Waals surface area contributed by atoms with Crippen LogP contribution in [-0.4, -0.2) is 23.0 Å². The van der Waals surface area contributed by atoms with E-state index < -0.39 is 18.0 Å². The van der Waals surface area contributed by atoms with E-state index in [-0.39, 0.29) is 0 Å². The molecule has 2 rings (SSSR count). The largest absolute Gasteiger partial charge is 0.448 e. The Hall–Kier alpha value is -1.92. The van der Waals surface area contributed by atoms with Gasteiger partial charge in [-0.3, -0.25) is 4.79 Å². The van der Waals surface area contributed by atoms with Gasteiger partial charge in [0.2, 0.25) is 0 Å². The summed E-state index contributed by atoms with van der Waals surface area (Å²) in [5, 5.41) is 4.82. The summed E-state index contributed by atoms with van der Waals surface area (Å²) < 4.78 is 5.14. The van der Waals surface area contributed by atoms with Gasteiger partial charge in [-0.05, 0) is 43.0 Å². The van der Waals surface area contributed by atoms with E-state index in [1.54, 1.807) is 17.5 Å². The molecule has 0 aliphatic carbocycles. The Labute approximate surface area is 130 Å². The second kappa shape index (κ2) is 6.69. The Bertz CT molecular complexity index is 654. The molecule has 0 aliphatic heterocycles. The maximum Gasteiger partial charge on any atom is 0.349 e. The lowest BCUT2D eigenvalue weighted by Crippen LogP contribution is -2.30. The lowest BCUT2D eigenvalue weighted by Gasteiger charge is -2.12. The third-order valence-corrected chi connectivity index (χ3v) is 3.90. The number of anilines is 1. The second-order valence-corrected chi connectivity index (χ2v) is 5.68. The molecular formula is C14H13ClN2O3S. The van der Waals surface area contributed by atoms with Crippen molar-refractivity contribution in [2.24, 2.45) is 0 Å². The number of amides is 1. The molecule has 1 N–H and O–H groups in total. The van der Waals surface area contributed by atoms with E-state index in [1.807, 2.05) is 13.0 Å². The standard InChI is InChI=1S/C14H13ClN2O3S/c1-8-5-6-21-12(8)14(19)20-9(2)13(18)17-11-4-3-10(15)7-16-11/h3-7,9H,1-2H3,(H,16,17,18)/t9-/m0/s1. The first kappa shape index (κ1) is 15.5. The number of thiophene rings is 1. The lowest BCUT2D eigenvalue weighted by atomic mass is 10.3. The van der Waals surface area contributed by atoms with E-state index in [4.69, 9.17) is 16.3 Å². The van der Waals surface area contributed by atoms with Gasteiger partial charge in [0.05, 0.1) is 5.02 Å². The van der Waals surface area contributed by atoms with Crippen LogP contribution >= 0.6 is 22.9 Å². The van der Waals surface area contributed by atoms with Crippen molar-refractivity contribution >= 4 is 40.6 Å². The van der Waals surface area contributed by atoms with Crippen LogP contribution in [0.5, 0.6) is 0 Å². The first-order valence-electron chi connectivity index (χ1n) is 6.15.